The van der Waals surface area contributed by atoms with E-state index in [1.807, 2.05) is 0 Å². The minimum Gasteiger partial charge on any atom is -0.299 e. The SMILES string of the molecule is CCCCCCC(=O)Cc1ccc(CC)cc1. The molecule has 0 aliphatic carbocycles. The van der Waals surface area contributed by atoms with Crippen LogP contribution < -0.4 is 0 Å². The average molecular weight is 232 g/mol. The first-order valence-corrected chi connectivity index (χ1v) is 6.85. The zero-order valence-corrected chi connectivity index (χ0v) is 11.2. The van der Waals surface area contributed by atoms with Gasteiger partial charge in [-0.1, -0.05) is 57.4 Å². The van der Waals surface area contributed by atoms with E-state index in [1.165, 1.54) is 24.8 Å². The van der Waals surface area contributed by atoms with Crippen LogP contribution >= 0.6 is 0 Å². The van der Waals surface area contributed by atoms with Crippen LogP contribution in [0.25, 0.3) is 0 Å². The van der Waals surface area contributed by atoms with Gasteiger partial charge in [0.05, 0.1) is 0 Å². The summed E-state index contributed by atoms with van der Waals surface area (Å²) >= 11 is 0. The third-order valence-corrected chi connectivity index (χ3v) is 3.14. The average Bonchev–Trinajstić information content (AvgIpc) is 2.36. The Morgan fingerprint density at radius 2 is 1.59 bits per heavy atom. The van der Waals surface area contributed by atoms with Crippen molar-refractivity contribution in [3.05, 3.63) is 35.4 Å². The minimum absolute atomic E-state index is 0.380. The molecule has 0 amide bonds. The highest BCUT2D eigenvalue weighted by Gasteiger charge is 2.03. The van der Waals surface area contributed by atoms with Crippen molar-refractivity contribution in [3.8, 4) is 0 Å². The maximum atomic E-state index is 11.7. The molecule has 0 aliphatic rings. The summed E-state index contributed by atoms with van der Waals surface area (Å²) in [5, 5.41) is 0. The molecule has 0 atom stereocenters. The fraction of sp³-hybridized carbons (Fsp3) is 0.562. The van der Waals surface area contributed by atoms with Gasteiger partial charge in [-0.3, -0.25) is 4.79 Å². The summed E-state index contributed by atoms with van der Waals surface area (Å²) in [5.74, 6) is 0.380. The lowest BCUT2D eigenvalue weighted by Gasteiger charge is -2.03. The van der Waals surface area contributed by atoms with E-state index < -0.39 is 0 Å². The molecular weight excluding hydrogens is 208 g/mol. The highest BCUT2D eigenvalue weighted by molar-refractivity contribution is 5.80. The van der Waals surface area contributed by atoms with E-state index in [0.29, 0.717) is 12.2 Å². The van der Waals surface area contributed by atoms with Gasteiger partial charge in [-0.2, -0.15) is 0 Å². The van der Waals surface area contributed by atoms with Crippen LogP contribution in [-0.2, 0) is 17.6 Å². The van der Waals surface area contributed by atoms with Crippen molar-refractivity contribution in [1.82, 2.24) is 0 Å². The molecule has 0 aromatic heterocycles. The van der Waals surface area contributed by atoms with Gasteiger partial charge >= 0.3 is 0 Å². The third kappa shape index (κ3) is 5.67. The van der Waals surface area contributed by atoms with E-state index in [2.05, 4.69) is 38.1 Å². The third-order valence-electron chi connectivity index (χ3n) is 3.14. The summed E-state index contributed by atoms with van der Waals surface area (Å²) in [4.78, 5) is 11.7. The lowest BCUT2D eigenvalue weighted by molar-refractivity contribution is -0.118. The van der Waals surface area contributed by atoms with Crippen LogP contribution in [0.2, 0.25) is 0 Å². The standard InChI is InChI=1S/C16H24O/c1-3-5-6-7-8-16(17)13-15-11-9-14(4-2)10-12-15/h9-12H,3-8,13H2,1-2H3. The molecule has 1 aromatic carbocycles. The molecule has 0 fully saturated rings. The Bertz CT molecular complexity index is 324. The number of carbonyl (C=O) groups excluding carboxylic acids is 1. The molecule has 1 aromatic rings. The number of Topliss-reactive ketones (excluding diaryl/α,β-unsaturated/α-hetero) is 1. The van der Waals surface area contributed by atoms with Crippen LogP contribution in [0, 0.1) is 0 Å². The van der Waals surface area contributed by atoms with Crippen LogP contribution in [-0.4, -0.2) is 5.78 Å². The smallest absolute Gasteiger partial charge is 0.137 e. The van der Waals surface area contributed by atoms with Gasteiger partial charge in [-0.25, -0.2) is 0 Å². The van der Waals surface area contributed by atoms with E-state index in [-0.39, 0.29) is 0 Å². The second kappa shape index (κ2) is 8.05. The van der Waals surface area contributed by atoms with Crippen LogP contribution in [0.15, 0.2) is 24.3 Å². The topological polar surface area (TPSA) is 17.1 Å². The molecule has 0 radical (unpaired) electrons. The number of rotatable bonds is 8. The summed E-state index contributed by atoms with van der Waals surface area (Å²) in [7, 11) is 0. The summed E-state index contributed by atoms with van der Waals surface area (Å²) in [6.07, 6.45) is 7.14. The largest absolute Gasteiger partial charge is 0.299 e. The Labute approximate surface area is 105 Å². The van der Waals surface area contributed by atoms with E-state index >= 15 is 0 Å². The minimum atomic E-state index is 0.380. The van der Waals surface area contributed by atoms with Crippen molar-refractivity contribution in [2.75, 3.05) is 0 Å². The number of benzene rings is 1. The van der Waals surface area contributed by atoms with Gasteiger partial charge < -0.3 is 0 Å². The molecule has 17 heavy (non-hydrogen) atoms. The lowest BCUT2D eigenvalue weighted by atomic mass is 10.0. The molecule has 94 valence electrons. The number of hydrogen-bond acceptors (Lipinski definition) is 1. The summed E-state index contributed by atoms with van der Waals surface area (Å²) in [5.41, 5.74) is 2.49. The van der Waals surface area contributed by atoms with Crippen molar-refractivity contribution in [2.24, 2.45) is 0 Å². The van der Waals surface area contributed by atoms with Crippen molar-refractivity contribution in [3.63, 3.8) is 0 Å². The van der Waals surface area contributed by atoms with Gasteiger partial charge in [-0.15, -0.1) is 0 Å². The number of carbonyl (C=O) groups is 1. The second-order valence-electron chi connectivity index (χ2n) is 4.70. The maximum Gasteiger partial charge on any atom is 0.137 e. The first-order chi connectivity index (χ1) is 8.26. The summed E-state index contributed by atoms with van der Waals surface area (Å²) in [6.45, 7) is 4.34. The number of unbranched alkanes of at least 4 members (excludes halogenated alkanes) is 3. The molecule has 0 saturated carbocycles. The van der Waals surface area contributed by atoms with Crippen molar-refractivity contribution >= 4 is 5.78 Å². The number of aryl methyl sites for hydroxylation is 1. The molecule has 0 saturated heterocycles. The molecule has 0 unspecified atom stereocenters. The van der Waals surface area contributed by atoms with E-state index in [1.54, 1.807) is 0 Å². The summed E-state index contributed by atoms with van der Waals surface area (Å²) in [6, 6.07) is 8.42. The number of hydrogen-bond donors (Lipinski definition) is 0. The lowest BCUT2D eigenvalue weighted by Crippen LogP contribution is -2.02. The first kappa shape index (κ1) is 14.0. The first-order valence-electron chi connectivity index (χ1n) is 6.85. The quantitative estimate of drug-likeness (QED) is 0.610. The molecule has 1 heteroatoms. The van der Waals surface area contributed by atoms with Gasteiger partial charge in [0, 0.05) is 12.8 Å². The fourth-order valence-corrected chi connectivity index (χ4v) is 1.96. The van der Waals surface area contributed by atoms with E-state index in [0.717, 1.165) is 24.8 Å². The van der Waals surface area contributed by atoms with Gasteiger partial charge in [0.25, 0.3) is 0 Å². The molecular formula is C16H24O. The predicted octanol–water partition coefficient (Wildman–Crippen LogP) is 4.33. The van der Waals surface area contributed by atoms with Gasteiger partial charge in [0.2, 0.25) is 0 Å². The monoisotopic (exact) mass is 232 g/mol. The van der Waals surface area contributed by atoms with Crippen molar-refractivity contribution in [1.29, 1.82) is 0 Å². The van der Waals surface area contributed by atoms with Crippen LogP contribution in [0.5, 0.6) is 0 Å². The van der Waals surface area contributed by atoms with Crippen LogP contribution in [0.1, 0.15) is 57.1 Å². The predicted molar refractivity (Wildman–Crippen MR) is 73.3 cm³/mol. The Morgan fingerprint density at radius 3 is 2.18 bits per heavy atom. The van der Waals surface area contributed by atoms with Crippen LogP contribution in [0.4, 0.5) is 0 Å². The Hall–Kier alpha value is -1.11. The van der Waals surface area contributed by atoms with Crippen LogP contribution in [0.3, 0.4) is 0 Å². The summed E-state index contributed by atoms with van der Waals surface area (Å²) < 4.78 is 0. The Kier molecular flexibility index (Phi) is 6.61. The zero-order chi connectivity index (χ0) is 12.5. The molecule has 0 heterocycles. The van der Waals surface area contributed by atoms with Crippen molar-refractivity contribution in [2.45, 2.75) is 58.8 Å². The highest BCUT2D eigenvalue weighted by atomic mass is 16.1. The Morgan fingerprint density at radius 1 is 0.941 bits per heavy atom. The normalized spacial score (nSPS) is 10.5. The number of ketones is 1. The molecule has 1 nitrogen and oxygen atoms in total. The van der Waals surface area contributed by atoms with Gasteiger partial charge in [-0.05, 0) is 24.0 Å². The second-order valence-corrected chi connectivity index (χ2v) is 4.70. The Balaban J connectivity index is 2.29. The molecule has 0 bridgehead atoms. The van der Waals surface area contributed by atoms with Crippen molar-refractivity contribution < 1.29 is 4.79 Å². The molecule has 0 aliphatic heterocycles. The molecule has 1 rings (SSSR count). The van der Waals surface area contributed by atoms with Gasteiger partial charge in [0.1, 0.15) is 5.78 Å². The van der Waals surface area contributed by atoms with Gasteiger partial charge in [0.15, 0.2) is 0 Å². The molecule has 0 N–H and O–H groups in total. The highest BCUT2D eigenvalue weighted by Crippen LogP contribution is 2.09. The maximum absolute atomic E-state index is 11.7. The fourth-order valence-electron chi connectivity index (χ4n) is 1.96. The zero-order valence-electron chi connectivity index (χ0n) is 11.2. The van der Waals surface area contributed by atoms with E-state index in [9.17, 15) is 4.79 Å². The molecule has 0 spiro atoms. The van der Waals surface area contributed by atoms with E-state index in [4.69, 9.17) is 0 Å².